The molecule has 0 bridgehead atoms. The summed E-state index contributed by atoms with van der Waals surface area (Å²) in [6.07, 6.45) is 1.63. The van der Waals surface area contributed by atoms with Crippen LogP contribution in [0.3, 0.4) is 0 Å². The molecule has 5 unspecified atom stereocenters. The van der Waals surface area contributed by atoms with E-state index in [1.165, 1.54) is 43.7 Å². The number of nitrogens with zero attached hydrogens (tertiary/aromatic N) is 1. The van der Waals surface area contributed by atoms with Crippen LogP contribution in [0.15, 0.2) is 67.1 Å². The van der Waals surface area contributed by atoms with Gasteiger partial charge < -0.3 is 42.0 Å². The molecule has 0 fully saturated rings. The molecule has 0 saturated carbocycles. The van der Waals surface area contributed by atoms with E-state index in [2.05, 4.69) is 25.9 Å². The smallest absolute Gasteiger partial charge is 0.326 e. The Bertz CT molecular complexity index is 1300. The highest BCUT2D eigenvalue weighted by Crippen LogP contribution is 2.12. The fraction of sp³-hybridized carbons (Fsp3) is 0.321. The van der Waals surface area contributed by atoms with E-state index >= 15 is 0 Å². The molecule has 0 radical (unpaired) electrons. The predicted molar refractivity (Wildman–Crippen MR) is 147 cm³/mol. The summed E-state index contributed by atoms with van der Waals surface area (Å²) in [7, 11) is 0. The van der Waals surface area contributed by atoms with E-state index in [1.807, 2.05) is 0 Å². The average Bonchev–Trinajstić information content (AvgIpc) is 3.45. The van der Waals surface area contributed by atoms with E-state index in [1.54, 1.807) is 30.3 Å². The van der Waals surface area contributed by atoms with Crippen molar-refractivity contribution in [2.24, 2.45) is 5.73 Å². The first kappa shape index (κ1) is 30.8. The number of aliphatic hydroxyl groups is 1. The number of aliphatic carboxylic acids is 1. The van der Waals surface area contributed by atoms with Gasteiger partial charge in [0.25, 0.3) is 0 Å². The lowest BCUT2D eigenvalue weighted by atomic mass is 10.0. The van der Waals surface area contributed by atoms with Gasteiger partial charge in [0.05, 0.1) is 18.5 Å². The SMILES string of the molecule is CC(O)C(NC(=O)C(N)Cc1cnc[nH]1)C(=O)NC(Cc1ccccc1)C(=O)NC(Cc1ccc(O)cc1)C(=O)O. The Morgan fingerprint density at radius 1 is 0.854 bits per heavy atom. The van der Waals surface area contributed by atoms with Gasteiger partial charge in [0.15, 0.2) is 0 Å². The van der Waals surface area contributed by atoms with Crippen molar-refractivity contribution in [3.63, 3.8) is 0 Å². The van der Waals surface area contributed by atoms with Crippen molar-refractivity contribution in [2.45, 2.75) is 56.5 Å². The van der Waals surface area contributed by atoms with Crippen LogP contribution in [0.2, 0.25) is 0 Å². The molecule has 0 aliphatic carbocycles. The summed E-state index contributed by atoms with van der Waals surface area (Å²) in [5, 5.41) is 36.9. The molecule has 3 aromatic rings. The maximum absolute atomic E-state index is 13.3. The van der Waals surface area contributed by atoms with Crippen LogP contribution in [0.1, 0.15) is 23.7 Å². The van der Waals surface area contributed by atoms with Gasteiger partial charge in [-0.1, -0.05) is 42.5 Å². The molecule has 13 nitrogen and oxygen atoms in total. The lowest BCUT2D eigenvalue weighted by Crippen LogP contribution is -2.60. The highest BCUT2D eigenvalue weighted by Gasteiger charge is 2.32. The summed E-state index contributed by atoms with van der Waals surface area (Å²) >= 11 is 0. The molecule has 0 spiro atoms. The number of carboxylic acid groups (broad SMARTS) is 1. The van der Waals surface area contributed by atoms with Crippen LogP contribution in [0.5, 0.6) is 5.75 Å². The molecule has 41 heavy (non-hydrogen) atoms. The number of hydrogen-bond donors (Lipinski definition) is 8. The minimum absolute atomic E-state index is 0.00375. The van der Waals surface area contributed by atoms with Gasteiger partial charge in [-0.05, 0) is 30.2 Å². The first-order valence-electron chi connectivity index (χ1n) is 12.9. The van der Waals surface area contributed by atoms with Crippen molar-refractivity contribution in [1.29, 1.82) is 0 Å². The van der Waals surface area contributed by atoms with Crippen molar-refractivity contribution < 1.29 is 34.5 Å². The van der Waals surface area contributed by atoms with Gasteiger partial charge >= 0.3 is 5.97 Å². The Morgan fingerprint density at radius 2 is 1.46 bits per heavy atom. The topological polar surface area (TPSA) is 220 Å². The summed E-state index contributed by atoms with van der Waals surface area (Å²) in [6, 6.07) is 9.53. The van der Waals surface area contributed by atoms with Crippen molar-refractivity contribution >= 4 is 23.7 Å². The number of nitrogens with two attached hydrogens (primary N) is 1. The Balaban J connectivity index is 1.75. The number of H-pyrrole nitrogens is 1. The Kier molecular flexibility index (Phi) is 11.0. The Labute approximate surface area is 236 Å². The molecule has 5 atom stereocenters. The van der Waals surface area contributed by atoms with Crippen LogP contribution >= 0.6 is 0 Å². The van der Waals surface area contributed by atoms with Crippen LogP contribution in [0.25, 0.3) is 0 Å². The molecular formula is C28H34N6O7. The van der Waals surface area contributed by atoms with Gasteiger partial charge in [-0.15, -0.1) is 0 Å². The van der Waals surface area contributed by atoms with Gasteiger partial charge in [0.2, 0.25) is 17.7 Å². The van der Waals surface area contributed by atoms with Gasteiger partial charge in [0.1, 0.15) is 23.9 Å². The van der Waals surface area contributed by atoms with Gasteiger partial charge in [-0.2, -0.15) is 0 Å². The zero-order valence-corrected chi connectivity index (χ0v) is 22.4. The molecule has 0 aliphatic rings. The van der Waals surface area contributed by atoms with Crippen LogP contribution in [0, 0.1) is 0 Å². The number of aromatic amines is 1. The number of phenols is 1. The Hall–Kier alpha value is -4.75. The van der Waals surface area contributed by atoms with E-state index in [0.717, 1.165) is 0 Å². The molecule has 9 N–H and O–H groups in total. The molecule has 13 heteroatoms. The summed E-state index contributed by atoms with van der Waals surface area (Å²) < 4.78 is 0. The number of aliphatic hydroxyl groups excluding tert-OH is 1. The number of hydrogen-bond acceptors (Lipinski definition) is 8. The third-order valence-corrected chi connectivity index (χ3v) is 6.30. The molecule has 0 saturated heterocycles. The molecule has 1 aromatic heterocycles. The second-order valence-corrected chi connectivity index (χ2v) is 9.64. The second-order valence-electron chi connectivity index (χ2n) is 9.64. The van der Waals surface area contributed by atoms with Crippen LogP contribution in [0.4, 0.5) is 0 Å². The third-order valence-electron chi connectivity index (χ3n) is 6.30. The van der Waals surface area contributed by atoms with Crippen molar-refractivity contribution in [2.75, 3.05) is 0 Å². The molecular weight excluding hydrogens is 532 g/mol. The molecule has 3 amide bonds. The van der Waals surface area contributed by atoms with Gasteiger partial charge in [0, 0.05) is 31.2 Å². The van der Waals surface area contributed by atoms with Crippen molar-refractivity contribution in [3.05, 3.63) is 83.9 Å². The zero-order valence-electron chi connectivity index (χ0n) is 22.4. The molecule has 2 aromatic carbocycles. The number of phenolic OH excluding ortho intramolecular Hbond substituents is 1. The number of carboxylic acids is 1. The van der Waals surface area contributed by atoms with E-state index in [4.69, 9.17) is 5.73 Å². The highest BCUT2D eigenvalue weighted by molar-refractivity contribution is 5.94. The number of aromatic hydroxyl groups is 1. The fourth-order valence-electron chi connectivity index (χ4n) is 4.05. The monoisotopic (exact) mass is 566 g/mol. The van der Waals surface area contributed by atoms with Crippen molar-refractivity contribution in [3.8, 4) is 5.75 Å². The molecule has 218 valence electrons. The van der Waals surface area contributed by atoms with Gasteiger partial charge in [-0.3, -0.25) is 14.4 Å². The number of imidazole rings is 1. The first-order valence-corrected chi connectivity index (χ1v) is 12.9. The van der Waals surface area contributed by atoms with Crippen LogP contribution in [-0.2, 0) is 38.4 Å². The van der Waals surface area contributed by atoms with Crippen LogP contribution in [-0.4, -0.2) is 79.2 Å². The third kappa shape index (κ3) is 9.44. The van der Waals surface area contributed by atoms with Crippen LogP contribution < -0.4 is 21.7 Å². The standard InChI is InChI=1S/C28H34N6O7/c1-16(35)24(34-25(37)21(29)13-19-14-30-15-31-19)27(39)32-22(11-17-5-3-2-4-6-17)26(38)33-23(28(40)41)12-18-7-9-20(36)10-8-18/h2-10,14-16,21-24,35-36H,11-13,29H2,1H3,(H,30,31)(H,32,39)(H,33,38)(H,34,37)(H,40,41). The minimum atomic E-state index is -1.45. The number of carbonyl (C=O) groups excluding carboxylic acids is 3. The zero-order chi connectivity index (χ0) is 29.9. The quantitative estimate of drug-likeness (QED) is 0.125. The molecule has 3 rings (SSSR count). The highest BCUT2D eigenvalue weighted by atomic mass is 16.4. The summed E-state index contributed by atoms with van der Waals surface area (Å²) in [6.45, 7) is 1.30. The summed E-state index contributed by atoms with van der Waals surface area (Å²) in [5.41, 5.74) is 7.80. The number of amides is 3. The molecule has 1 heterocycles. The summed E-state index contributed by atoms with van der Waals surface area (Å²) in [4.78, 5) is 57.9. The second kappa shape index (κ2) is 14.6. The lowest BCUT2D eigenvalue weighted by Gasteiger charge is -2.26. The fourth-order valence-corrected chi connectivity index (χ4v) is 4.05. The van der Waals surface area contributed by atoms with Gasteiger partial charge in [-0.25, -0.2) is 9.78 Å². The number of rotatable bonds is 14. The Morgan fingerprint density at radius 3 is 2.05 bits per heavy atom. The largest absolute Gasteiger partial charge is 0.508 e. The average molecular weight is 567 g/mol. The predicted octanol–water partition coefficient (Wildman–Crippen LogP) is -0.610. The number of nitrogens with one attached hydrogen (secondary N) is 4. The van der Waals surface area contributed by atoms with E-state index in [0.29, 0.717) is 16.8 Å². The minimum Gasteiger partial charge on any atom is -0.508 e. The van der Waals surface area contributed by atoms with E-state index < -0.39 is 54.0 Å². The first-order chi connectivity index (χ1) is 19.5. The number of benzene rings is 2. The normalized spacial score (nSPS) is 14.6. The number of carbonyl (C=O) groups is 4. The maximum Gasteiger partial charge on any atom is 0.326 e. The number of aromatic nitrogens is 2. The summed E-state index contributed by atoms with van der Waals surface area (Å²) in [5.74, 6) is -3.62. The van der Waals surface area contributed by atoms with E-state index in [9.17, 15) is 34.5 Å². The van der Waals surface area contributed by atoms with E-state index in [-0.39, 0.29) is 25.0 Å². The maximum atomic E-state index is 13.3. The lowest BCUT2D eigenvalue weighted by molar-refractivity contribution is -0.142. The van der Waals surface area contributed by atoms with Crippen molar-refractivity contribution in [1.82, 2.24) is 25.9 Å². The molecule has 0 aliphatic heterocycles.